The van der Waals surface area contributed by atoms with Crippen LogP contribution >= 0.6 is 0 Å². The number of piperazine rings is 1. The molecule has 0 aromatic carbocycles. The molecule has 1 fully saturated rings. The lowest BCUT2D eigenvalue weighted by Gasteiger charge is -2.27. The molecular weight excluding hydrogens is 218 g/mol. The number of hydrogen-bond acceptors (Lipinski definition) is 3. The van der Waals surface area contributed by atoms with Crippen molar-refractivity contribution in [1.29, 1.82) is 0 Å². The maximum absolute atomic E-state index is 12.3. The largest absolute Gasteiger partial charge is 0.383 e. The van der Waals surface area contributed by atoms with E-state index in [4.69, 9.17) is 4.74 Å². The number of amides is 1. The number of rotatable bonds is 4. The van der Waals surface area contributed by atoms with Crippen LogP contribution in [-0.4, -0.2) is 55.3 Å². The first-order chi connectivity index (χ1) is 8.33. The number of ether oxygens (including phenoxy) is 1. The lowest BCUT2D eigenvalue weighted by Crippen LogP contribution is -2.46. The molecule has 0 bridgehead atoms. The molecule has 0 saturated carbocycles. The molecule has 1 aromatic rings. The molecular formula is C12H19N3O2. The minimum Gasteiger partial charge on any atom is -0.383 e. The molecule has 2 rings (SSSR count). The summed E-state index contributed by atoms with van der Waals surface area (Å²) in [5.74, 6) is 0.118. The van der Waals surface area contributed by atoms with Gasteiger partial charge in [0.05, 0.1) is 6.61 Å². The summed E-state index contributed by atoms with van der Waals surface area (Å²) in [5.41, 5.74) is 0.754. The average molecular weight is 237 g/mol. The summed E-state index contributed by atoms with van der Waals surface area (Å²) in [7, 11) is 1.67. The Bertz CT molecular complexity index is 370. The van der Waals surface area contributed by atoms with Crippen LogP contribution in [0.25, 0.3) is 0 Å². The first kappa shape index (κ1) is 12.1. The fourth-order valence-electron chi connectivity index (χ4n) is 2.02. The topological polar surface area (TPSA) is 46.5 Å². The van der Waals surface area contributed by atoms with Gasteiger partial charge in [-0.1, -0.05) is 0 Å². The second-order valence-corrected chi connectivity index (χ2v) is 4.12. The van der Waals surface area contributed by atoms with Crippen LogP contribution in [-0.2, 0) is 11.3 Å². The standard InChI is InChI=1S/C12H19N3O2/c1-17-10-9-14-6-2-3-11(14)12(16)15-7-4-13-5-8-15/h2-3,6,13H,4-5,7-10H2,1H3. The molecule has 1 N–H and O–H groups in total. The molecule has 2 heterocycles. The van der Waals surface area contributed by atoms with Crippen molar-refractivity contribution >= 4 is 5.91 Å². The average Bonchev–Trinajstić information content (AvgIpc) is 2.84. The Kier molecular flexibility index (Phi) is 4.17. The van der Waals surface area contributed by atoms with E-state index in [-0.39, 0.29) is 5.91 Å². The minimum absolute atomic E-state index is 0.118. The van der Waals surface area contributed by atoms with Gasteiger partial charge in [-0.25, -0.2) is 0 Å². The smallest absolute Gasteiger partial charge is 0.270 e. The Morgan fingerprint density at radius 1 is 1.47 bits per heavy atom. The van der Waals surface area contributed by atoms with Crippen LogP contribution in [0.2, 0.25) is 0 Å². The molecule has 1 aliphatic heterocycles. The minimum atomic E-state index is 0.118. The van der Waals surface area contributed by atoms with Crippen molar-refractivity contribution < 1.29 is 9.53 Å². The zero-order chi connectivity index (χ0) is 12.1. The summed E-state index contributed by atoms with van der Waals surface area (Å²) < 4.78 is 6.99. The van der Waals surface area contributed by atoms with Crippen LogP contribution in [0, 0.1) is 0 Å². The highest BCUT2D eigenvalue weighted by Gasteiger charge is 2.20. The van der Waals surface area contributed by atoms with E-state index in [0.717, 1.165) is 38.4 Å². The van der Waals surface area contributed by atoms with E-state index in [2.05, 4.69) is 5.32 Å². The van der Waals surface area contributed by atoms with E-state index < -0.39 is 0 Å². The van der Waals surface area contributed by atoms with Gasteiger partial charge in [0.1, 0.15) is 5.69 Å². The molecule has 0 atom stereocenters. The summed E-state index contributed by atoms with van der Waals surface area (Å²) in [6.45, 7) is 4.67. The zero-order valence-corrected chi connectivity index (χ0v) is 10.2. The van der Waals surface area contributed by atoms with Gasteiger partial charge in [0.2, 0.25) is 0 Å². The second-order valence-electron chi connectivity index (χ2n) is 4.12. The summed E-state index contributed by atoms with van der Waals surface area (Å²) in [6, 6.07) is 3.78. The van der Waals surface area contributed by atoms with Crippen molar-refractivity contribution in [1.82, 2.24) is 14.8 Å². The van der Waals surface area contributed by atoms with E-state index in [0.29, 0.717) is 6.61 Å². The molecule has 0 spiro atoms. The van der Waals surface area contributed by atoms with Gasteiger partial charge < -0.3 is 19.5 Å². The van der Waals surface area contributed by atoms with Gasteiger partial charge in [-0.2, -0.15) is 0 Å². The molecule has 1 amide bonds. The first-order valence-electron chi connectivity index (χ1n) is 5.97. The van der Waals surface area contributed by atoms with Crippen LogP contribution < -0.4 is 5.32 Å². The quantitative estimate of drug-likeness (QED) is 0.812. The van der Waals surface area contributed by atoms with Gasteiger partial charge in [-0.05, 0) is 12.1 Å². The maximum Gasteiger partial charge on any atom is 0.270 e. The second kappa shape index (κ2) is 5.84. The number of carbonyl (C=O) groups is 1. The number of hydrogen-bond donors (Lipinski definition) is 1. The van der Waals surface area contributed by atoms with Gasteiger partial charge in [0.15, 0.2) is 0 Å². The van der Waals surface area contributed by atoms with Gasteiger partial charge in [-0.3, -0.25) is 4.79 Å². The molecule has 5 nitrogen and oxygen atoms in total. The van der Waals surface area contributed by atoms with Crippen LogP contribution in [0.1, 0.15) is 10.5 Å². The summed E-state index contributed by atoms with van der Waals surface area (Å²) in [5, 5.41) is 3.24. The van der Waals surface area contributed by atoms with E-state index in [1.54, 1.807) is 7.11 Å². The SMILES string of the molecule is COCCn1cccc1C(=O)N1CCNCC1. The Morgan fingerprint density at radius 3 is 2.94 bits per heavy atom. The lowest BCUT2D eigenvalue weighted by molar-refractivity contribution is 0.0722. The third kappa shape index (κ3) is 2.87. The molecule has 1 saturated heterocycles. The number of nitrogens with one attached hydrogen (secondary N) is 1. The number of methoxy groups -OCH3 is 1. The fourth-order valence-corrected chi connectivity index (χ4v) is 2.02. The highest BCUT2D eigenvalue weighted by molar-refractivity contribution is 5.92. The first-order valence-corrected chi connectivity index (χ1v) is 5.97. The van der Waals surface area contributed by atoms with Gasteiger partial charge in [-0.15, -0.1) is 0 Å². The summed E-state index contributed by atoms with van der Waals surface area (Å²) >= 11 is 0. The van der Waals surface area contributed by atoms with Crippen molar-refractivity contribution in [3.63, 3.8) is 0 Å². The molecule has 17 heavy (non-hydrogen) atoms. The molecule has 0 unspecified atom stereocenters. The highest BCUT2D eigenvalue weighted by atomic mass is 16.5. The Hall–Kier alpha value is -1.33. The van der Waals surface area contributed by atoms with Crippen LogP contribution in [0.4, 0.5) is 0 Å². The van der Waals surface area contributed by atoms with Crippen molar-refractivity contribution in [2.24, 2.45) is 0 Å². The summed E-state index contributed by atoms with van der Waals surface area (Å²) in [4.78, 5) is 14.2. The predicted octanol–water partition coefficient (Wildman–Crippen LogP) is 0.180. The third-order valence-electron chi connectivity index (χ3n) is 2.99. The number of nitrogens with zero attached hydrogens (tertiary/aromatic N) is 2. The Balaban J connectivity index is 2.04. The van der Waals surface area contributed by atoms with E-state index in [9.17, 15) is 4.79 Å². The molecule has 1 aromatic heterocycles. The van der Waals surface area contributed by atoms with Crippen LogP contribution in [0.3, 0.4) is 0 Å². The normalized spacial score (nSPS) is 16.2. The van der Waals surface area contributed by atoms with Gasteiger partial charge in [0.25, 0.3) is 5.91 Å². The summed E-state index contributed by atoms with van der Waals surface area (Å²) in [6.07, 6.45) is 1.93. The van der Waals surface area contributed by atoms with Gasteiger partial charge in [0, 0.05) is 46.0 Å². The van der Waals surface area contributed by atoms with Crippen molar-refractivity contribution in [2.45, 2.75) is 6.54 Å². The van der Waals surface area contributed by atoms with E-state index >= 15 is 0 Å². The molecule has 0 aliphatic carbocycles. The van der Waals surface area contributed by atoms with Gasteiger partial charge >= 0.3 is 0 Å². The molecule has 94 valence electrons. The van der Waals surface area contributed by atoms with Crippen LogP contribution in [0.5, 0.6) is 0 Å². The monoisotopic (exact) mass is 237 g/mol. The molecule has 0 radical (unpaired) electrons. The third-order valence-corrected chi connectivity index (χ3v) is 2.99. The van der Waals surface area contributed by atoms with Crippen molar-refractivity contribution in [3.05, 3.63) is 24.0 Å². The molecule has 5 heteroatoms. The lowest BCUT2D eigenvalue weighted by atomic mass is 10.3. The molecule has 1 aliphatic rings. The number of aromatic nitrogens is 1. The predicted molar refractivity (Wildman–Crippen MR) is 65.1 cm³/mol. The van der Waals surface area contributed by atoms with E-state index in [1.165, 1.54) is 0 Å². The van der Waals surface area contributed by atoms with E-state index in [1.807, 2.05) is 27.8 Å². The van der Waals surface area contributed by atoms with Crippen molar-refractivity contribution in [2.75, 3.05) is 39.9 Å². The highest BCUT2D eigenvalue weighted by Crippen LogP contribution is 2.08. The maximum atomic E-state index is 12.3. The van der Waals surface area contributed by atoms with Crippen LogP contribution in [0.15, 0.2) is 18.3 Å². The Morgan fingerprint density at radius 2 is 2.24 bits per heavy atom. The fraction of sp³-hybridized carbons (Fsp3) is 0.583. The Labute approximate surface area is 101 Å². The van der Waals surface area contributed by atoms with Crippen molar-refractivity contribution in [3.8, 4) is 0 Å². The number of carbonyl (C=O) groups excluding carboxylic acids is 1. The zero-order valence-electron chi connectivity index (χ0n) is 10.2.